The van der Waals surface area contributed by atoms with Crippen LogP contribution in [0.4, 0.5) is 0 Å². The minimum Gasteiger partial charge on any atom is -0.507 e. The molecule has 0 aliphatic heterocycles. The Balaban J connectivity index is 2.17. The summed E-state index contributed by atoms with van der Waals surface area (Å²) in [6.45, 7) is 2.13. The molecule has 0 aliphatic carbocycles. The number of phenolic OH excluding ortho intramolecular Hbond substituents is 1. The molecule has 0 saturated carbocycles. The first-order valence-electron chi connectivity index (χ1n) is 7.08. The second-order valence-corrected chi connectivity index (χ2v) is 5.04. The first kappa shape index (κ1) is 14.3. The molecule has 2 nitrogen and oxygen atoms in total. The van der Waals surface area contributed by atoms with Crippen LogP contribution in [0.25, 0.3) is 0 Å². The van der Waals surface area contributed by atoms with Crippen LogP contribution in [0.5, 0.6) is 5.75 Å². The molecule has 104 valence electrons. The lowest BCUT2D eigenvalue weighted by atomic mass is 9.88. The van der Waals surface area contributed by atoms with Crippen molar-refractivity contribution in [3.63, 3.8) is 0 Å². The van der Waals surface area contributed by atoms with Gasteiger partial charge in [-0.2, -0.15) is 0 Å². The Kier molecular flexibility index (Phi) is 4.94. The third-order valence-electron chi connectivity index (χ3n) is 3.54. The molecule has 0 spiro atoms. The Bertz CT molecular complexity index is 561. The van der Waals surface area contributed by atoms with E-state index in [1.807, 2.05) is 18.2 Å². The Labute approximate surface area is 120 Å². The number of rotatable bonds is 6. The molecule has 1 atom stereocenters. The fourth-order valence-corrected chi connectivity index (χ4v) is 2.50. The monoisotopic (exact) mass is 268 g/mol. The van der Waals surface area contributed by atoms with Crippen LogP contribution in [0.1, 0.15) is 48.0 Å². The van der Waals surface area contributed by atoms with Gasteiger partial charge in [0.2, 0.25) is 0 Å². The standard InChI is InChI=1S/C18H20O2/c1-2-8-15(14-9-4-3-5-10-14)13-18(20)16-11-6-7-12-17(16)19/h3-7,9-12,15,19H,2,8,13H2,1H3/t15-/m1/s1. The highest BCUT2D eigenvalue weighted by atomic mass is 16.3. The summed E-state index contributed by atoms with van der Waals surface area (Å²) in [5, 5.41) is 9.77. The van der Waals surface area contributed by atoms with E-state index < -0.39 is 0 Å². The maximum atomic E-state index is 12.4. The highest BCUT2D eigenvalue weighted by Crippen LogP contribution is 2.28. The summed E-state index contributed by atoms with van der Waals surface area (Å²) in [6, 6.07) is 16.9. The van der Waals surface area contributed by atoms with Crippen LogP contribution < -0.4 is 0 Å². The van der Waals surface area contributed by atoms with E-state index in [0.29, 0.717) is 12.0 Å². The summed E-state index contributed by atoms with van der Waals surface area (Å²) in [5.41, 5.74) is 1.61. The van der Waals surface area contributed by atoms with E-state index in [9.17, 15) is 9.90 Å². The quantitative estimate of drug-likeness (QED) is 0.780. The van der Waals surface area contributed by atoms with Gasteiger partial charge in [0.1, 0.15) is 5.75 Å². The van der Waals surface area contributed by atoms with Crippen molar-refractivity contribution in [3.05, 3.63) is 65.7 Å². The smallest absolute Gasteiger partial charge is 0.167 e. The van der Waals surface area contributed by atoms with E-state index in [2.05, 4.69) is 19.1 Å². The Hall–Kier alpha value is -2.09. The molecular weight excluding hydrogens is 248 g/mol. The van der Waals surface area contributed by atoms with Gasteiger partial charge in [0.15, 0.2) is 5.78 Å². The van der Waals surface area contributed by atoms with Crippen LogP contribution in [0.3, 0.4) is 0 Å². The Morgan fingerprint density at radius 3 is 2.35 bits per heavy atom. The van der Waals surface area contributed by atoms with Crippen LogP contribution in [0.2, 0.25) is 0 Å². The van der Waals surface area contributed by atoms with Gasteiger partial charge in [0.25, 0.3) is 0 Å². The van der Waals surface area contributed by atoms with Crippen LogP contribution in [0, 0.1) is 0 Å². The van der Waals surface area contributed by atoms with Gasteiger partial charge in [-0.25, -0.2) is 0 Å². The number of hydrogen-bond donors (Lipinski definition) is 1. The van der Waals surface area contributed by atoms with Gasteiger partial charge >= 0.3 is 0 Å². The second-order valence-electron chi connectivity index (χ2n) is 5.04. The van der Waals surface area contributed by atoms with Gasteiger partial charge in [0, 0.05) is 6.42 Å². The maximum absolute atomic E-state index is 12.4. The van der Waals surface area contributed by atoms with Gasteiger partial charge in [0.05, 0.1) is 5.56 Å². The van der Waals surface area contributed by atoms with Crippen molar-refractivity contribution in [1.82, 2.24) is 0 Å². The van der Waals surface area contributed by atoms with Crippen molar-refractivity contribution in [2.75, 3.05) is 0 Å². The number of ketones is 1. The summed E-state index contributed by atoms with van der Waals surface area (Å²) >= 11 is 0. The second kappa shape index (κ2) is 6.90. The number of phenols is 1. The highest BCUT2D eigenvalue weighted by Gasteiger charge is 2.18. The molecule has 1 N–H and O–H groups in total. The van der Waals surface area contributed by atoms with Crippen LogP contribution in [0.15, 0.2) is 54.6 Å². The van der Waals surface area contributed by atoms with Crippen molar-refractivity contribution in [3.8, 4) is 5.75 Å². The van der Waals surface area contributed by atoms with Crippen molar-refractivity contribution < 1.29 is 9.90 Å². The molecule has 2 heteroatoms. The normalized spacial score (nSPS) is 12.1. The molecule has 0 aromatic heterocycles. The molecule has 0 bridgehead atoms. The zero-order valence-corrected chi connectivity index (χ0v) is 11.8. The molecule has 2 rings (SSSR count). The molecule has 20 heavy (non-hydrogen) atoms. The number of carbonyl (C=O) groups is 1. The van der Waals surface area contributed by atoms with Crippen molar-refractivity contribution in [2.45, 2.75) is 32.1 Å². The van der Waals surface area contributed by atoms with E-state index in [1.165, 1.54) is 5.56 Å². The number of hydrogen-bond acceptors (Lipinski definition) is 2. The summed E-state index contributed by atoms with van der Waals surface area (Å²) < 4.78 is 0. The lowest BCUT2D eigenvalue weighted by molar-refractivity contribution is 0.0969. The first-order chi connectivity index (χ1) is 9.72. The number of carbonyl (C=O) groups excluding carboxylic acids is 1. The molecule has 0 aliphatic rings. The van der Waals surface area contributed by atoms with Crippen LogP contribution in [-0.4, -0.2) is 10.9 Å². The first-order valence-corrected chi connectivity index (χ1v) is 7.08. The van der Waals surface area contributed by atoms with E-state index in [0.717, 1.165) is 12.8 Å². The minimum atomic E-state index is 0.00500. The van der Waals surface area contributed by atoms with Crippen molar-refractivity contribution in [2.24, 2.45) is 0 Å². The van der Waals surface area contributed by atoms with E-state index in [1.54, 1.807) is 24.3 Å². The zero-order chi connectivity index (χ0) is 14.4. The van der Waals surface area contributed by atoms with E-state index >= 15 is 0 Å². The Morgan fingerprint density at radius 2 is 1.70 bits per heavy atom. The molecule has 0 heterocycles. The fraction of sp³-hybridized carbons (Fsp3) is 0.278. The third-order valence-corrected chi connectivity index (χ3v) is 3.54. The summed E-state index contributed by atoms with van der Waals surface area (Å²) in [5.74, 6) is 0.291. The highest BCUT2D eigenvalue weighted by molar-refractivity contribution is 5.98. The van der Waals surface area contributed by atoms with E-state index in [-0.39, 0.29) is 17.5 Å². The fourth-order valence-electron chi connectivity index (χ4n) is 2.50. The average molecular weight is 268 g/mol. The SMILES string of the molecule is CCC[C@H](CC(=O)c1ccccc1O)c1ccccc1. The van der Waals surface area contributed by atoms with Crippen LogP contribution >= 0.6 is 0 Å². The molecule has 0 radical (unpaired) electrons. The molecule has 0 amide bonds. The van der Waals surface area contributed by atoms with Gasteiger partial charge in [-0.15, -0.1) is 0 Å². The van der Waals surface area contributed by atoms with Gasteiger partial charge < -0.3 is 5.11 Å². The summed E-state index contributed by atoms with van der Waals surface area (Å²) in [6.07, 6.45) is 2.45. The predicted molar refractivity (Wildman–Crippen MR) is 81.1 cm³/mol. The topological polar surface area (TPSA) is 37.3 Å². The molecular formula is C18H20O2. The maximum Gasteiger partial charge on any atom is 0.167 e. The van der Waals surface area contributed by atoms with Gasteiger partial charge in [-0.1, -0.05) is 55.8 Å². The van der Waals surface area contributed by atoms with Crippen LogP contribution in [-0.2, 0) is 0 Å². The van der Waals surface area contributed by atoms with Crippen molar-refractivity contribution in [1.29, 1.82) is 0 Å². The Morgan fingerprint density at radius 1 is 1.05 bits per heavy atom. The molecule has 0 saturated heterocycles. The zero-order valence-electron chi connectivity index (χ0n) is 11.8. The lowest BCUT2D eigenvalue weighted by Crippen LogP contribution is -2.08. The third kappa shape index (κ3) is 3.47. The molecule has 0 unspecified atom stereocenters. The molecule has 2 aromatic carbocycles. The van der Waals surface area contributed by atoms with Gasteiger partial charge in [-0.3, -0.25) is 4.79 Å². The largest absolute Gasteiger partial charge is 0.507 e. The lowest BCUT2D eigenvalue weighted by Gasteiger charge is -2.16. The summed E-state index contributed by atoms with van der Waals surface area (Å²) in [7, 11) is 0. The molecule has 2 aromatic rings. The van der Waals surface area contributed by atoms with Crippen molar-refractivity contribution >= 4 is 5.78 Å². The number of benzene rings is 2. The van der Waals surface area contributed by atoms with E-state index in [4.69, 9.17) is 0 Å². The number of para-hydroxylation sites is 1. The minimum absolute atomic E-state index is 0.00500. The number of aromatic hydroxyl groups is 1. The summed E-state index contributed by atoms with van der Waals surface area (Å²) in [4.78, 5) is 12.4. The predicted octanol–water partition coefficient (Wildman–Crippen LogP) is 4.55. The van der Waals surface area contributed by atoms with Gasteiger partial charge in [-0.05, 0) is 30.0 Å². The number of Topliss-reactive ketones (excluding diaryl/α,β-unsaturated/α-hetero) is 1. The molecule has 0 fully saturated rings. The average Bonchev–Trinajstić information content (AvgIpc) is 2.48.